The average molecular weight is 528 g/mol. The molecule has 0 radical (unpaired) electrons. The molecule has 1 heterocycles. The van der Waals surface area contributed by atoms with Crippen LogP contribution in [0.5, 0.6) is 5.75 Å². The van der Waals surface area contributed by atoms with Gasteiger partial charge in [0.1, 0.15) is 11.5 Å². The minimum atomic E-state index is -0.922. The molecule has 3 aromatic carbocycles. The van der Waals surface area contributed by atoms with Gasteiger partial charge in [0.05, 0.1) is 31.4 Å². The van der Waals surface area contributed by atoms with Crippen molar-refractivity contribution in [2.45, 2.75) is 46.1 Å². The standard InChI is InChI=1S/C32H33NO6/c1-18-16-25(38-6)19(2)15-24(18)28(34)26-27(20-11-13-22(14-12-20)32(3,4)5)33(30(36)29(26)35)23-10-8-9-21(17-23)31(37)39-7/h8-17,27,34H,1-7H3/b28-26+. The second kappa shape index (κ2) is 10.4. The number of Topliss-reactive ketones (excluding diaryl/α,β-unsaturated/α-hetero) is 1. The number of benzene rings is 3. The lowest BCUT2D eigenvalue weighted by molar-refractivity contribution is -0.132. The highest BCUT2D eigenvalue weighted by molar-refractivity contribution is 6.51. The third-order valence-corrected chi connectivity index (χ3v) is 7.08. The zero-order valence-corrected chi connectivity index (χ0v) is 23.3. The first-order chi connectivity index (χ1) is 18.4. The second-order valence-electron chi connectivity index (χ2n) is 10.7. The SMILES string of the molecule is COC(=O)c1cccc(N2C(=O)C(=O)/C(=C(/O)c3cc(C)c(OC)cc3C)C2c2ccc(C(C)(C)C)cc2)c1. The molecule has 1 saturated heterocycles. The van der Waals surface area contributed by atoms with Gasteiger partial charge in [0.2, 0.25) is 0 Å². The molecule has 1 atom stereocenters. The number of esters is 1. The number of carbonyl (C=O) groups excluding carboxylic acids is 3. The van der Waals surface area contributed by atoms with E-state index in [2.05, 4.69) is 20.8 Å². The van der Waals surface area contributed by atoms with Gasteiger partial charge >= 0.3 is 5.97 Å². The summed E-state index contributed by atoms with van der Waals surface area (Å²) in [5.74, 6) is -1.80. The molecule has 3 aromatic rings. The number of hydrogen-bond donors (Lipinski definition) is 1. The summed E-state index contributed by atoms with van der Waals surface area (Å²) >= 11 is 0. The lowest BCUT2D eigenvalue weighted by atomic mass is 9.85. The van der Waals surface area contributed by atoms with E-state index in [1.165, 1.54) is 18.1 Å². The van der Waals surface area contributed by atoms with Gasteiger partial charge in [-0.25, -0.2) is 4.79 Å². The number of methoxy groups -OCH3 is 2. The number of amides is 1. The van der Waals surface area contributed by atoms with Gasteiger partial charge in [-0.1, -0.05) is 51.1 Å². The summed E-state index contributed by atoms with van der Waals surface area (Å²) in [7, 11) is 2.84. The maximum atomic E-state index is 13.6. The zero-order valence-electron chi connectivity index (χ0n) is 23.3. The summed E-state index contributed by atoms with van der Waals surface area (Å²) < 4.78 is 10.3. The zero-order chi connectivity index (χ0) is 28.6. The summed E-state index contributed by atoms with van der Waals surface area (Å²) in [6, 6.07) is 16.6. The number of ketones is 1. The molecule has 0 saturated carbocycles. The lowest BCUT2D eigenvalue weighted by Crippen LogP contribution is -2.29. The quantitative estimate of drug-likeness (QED) is 0.189. The molecule has 7 nitrogen and oxygen atoms in total. The number of ether oxygens (including phenoxy) is 2. The number of rotatable bonds is 5. The molecule has 1 aliphatic heterocycles. The molecule has 1 unspecified atom stereocenters. The fourth-order valence-electron chi connectivity index (χ4n) is 4.89. The Morgan fingerprint density at radius 2 is 1.59 bits per heavy atom. The normalized spacial score (nSPS) is 16.9. The van der Waals surface area contributed by atoms with Gasteiger partial charge in [-0.15, -0.1) is 0 Å². The summed E-state index contributed by atoms with van der Waals surface area (Å²) in [4.78, 5) is 40.7. The number of hydrogen-bond acceptors (Lipinski definition) is 6. The van der Waals surface area contributed by atoms with E-state index < -0.39 is 23.7 Å². The third-order valence-electron chi connectivity index (χ3n) is 7.08. The molecule has 202 valence electrons. The highest BCUT2D eigenvalue weighted by Crippen LogP contribution is 2.43. The van der Waals surface area contributed by atoms with Crippen molar-refractivity contribution in [2.24, 2.45) is 0 Å². The number of aryl methyl sites for hydroxylation is 2. The Bertz CT molecular complexity index is 1490. The van der Waals surface area contributed by atoms with E-state index in [1.54, 1.807) is 44.4 Å². The fourth-order valence-corrected chi connectivity index (χ4v) is 4.89. The van der Waals surface area contributed by atoms with E-state index in [1.807, 2.05) is 31.2 Å². The molecule has 0 bridgehead atoms. The number of carbonyl (C=O) groups is 3. The fraction of sp³-hybridized carbons (Fsp3) is 0.281. The van der Waals surface area contributed by atoms with Crippen molar-refractivity contribution in [2.75, 3.05) is 19.1 Å². The van der Waals surface area contributed by atoms with Crippen LogP contribution in [-0.2, 0) is 19.7 Å². The van der Waals surface area contributed by atoms with Crippen LogP contribution in [0.4, 0.5) is 5.69 Å². The minimum absolute atomic E-state index is 0.0281. The van der Waals surface area contributed by atoms with Crippen LogP contribution < -0.4 is 9.64 Å². The summed E-state index contributed by atoms with van der Waals surface area (Å²) in [5, 5.41) is 11.6. The smallest absolute Gasteiger partial charge is 0.337 e. The molecular formula is C32H33NO6. The van der Waals surface area contributed by atoms with Gasteiger partial charge in [0.15, 0.2) is 0 Å². The van der Waals surface area contributed by atoms with E-state index >= 15 is 0 Å². The van der Waals surface area contributed by atoms with Gasteiger partial charge in [-0.2, -0.15) is 0 Å². The Kier molecular flexibility index (Phi) is 7.37. The summed E-state index contributed by atoms with van der Waals surface area (Å²) in [6.45, 7) is 9.94. The number of aliphatic hydroxyl groups excluding tert-OH is 1. The highest BCUT2D eigenvalue weighted by Gasteiger charge is 2.47. The Morgan fingerprint density at radius 1 is 0.923 bits per heavy atom. The van der Waals surface area contributed by atoms with Crippen LogP contribution in [0, 0.1) is 13.8 Å². The van der Waals surface area contributed by atoms with Crippen LogP contribution in [0.1, 0.15) is 65.0 Å². The predicted molar refractivity (Wildman–Crippen MR) is 150 cm³/mol. The first-order valence-corrected chi connectivity index (χ1v) is 12.6. The largest absolute Gasteiger partial charge is 0.507 e. The van der Waals surface area contributed by atoms with Gasteiger partial charge in [0.25, 0.3) is 11.7 Å². The highest BCUT2D eigenvalue weighted by atomic mass is 16.5. The first-order valence-electron chi connectivity index (χ1n) is 12.6. The number of nitrogens with zero attached hydrogens (tertiary/aromatic N) is 1. The van der Waals surface area contributed by atoms with Crippen molar-refractivity contribution in [3.8, 4) is 5.75 Å². The first kappa shape index (κ1) is 27.6. The maximum Gasteiger partial charge on any atom is 0.337 e. The van der Waals surface area contributed by atoms with Crippen molar-refractivity contribution < 1.29 is 29.0 Å². The Morgan fingerprint density at radius 3 is 2.18 bits per heavy atom. The monoisotopic (exact) mass is 527 g/mol. The molecule has 7 heteroatoms. The third kappa shape index (κ3) is 5.04. The van der Waals surface area contributed by atoms with Crippen molar-refractivity contribution in [3.05, 3.63) is 99.6 Å². The Labute approximate surface area is 228 Å². The van der Waals surface area contributed by atoms with Crippen LogP contribution >= 0.6 is 0 Å². The van der Waals surface area contributed by atoms with E-state index in [-0.39, 0.29) is 22.3 Å². The van der Waals surface area contributed by atoms with Gasteiger partial charge in [-0.3, -0.25) is 14.5 Å². The summed E-state index contributed by atoms with van der Waals surface area (Å²) in [6.07, 6.45) is 0. The van der Waals surface area contributed by atoms with E-state index in [0.717, 1.165) is 11.1 Å². The minimum Gasteiger partial charge on any atom is -0.507 e. The Hall–Kier alpha value is -4.39. The number of anilines is 1. The van der Waals surface area contributed by atoms with E-state index in [9.17, 15) is 19.5 Å². The van der Waals surface area contributed by atoms with E-state index in [4.69, 9.17) is 9.47 Å². The van der Waals surface area contributed by atoms with Crippen molar-refractivity contribution >= 4 is 29.1 Å². The molecule has 0 aliphatic carbocycles. The van der Waals surface area contributed by atoms with Crippen LogP contribution in [0.2, 0.25) is 0 Å². The molecule has 1 aliphatic rings. The summed E-state index contributed by atoms with van der Waals surface area (Å²) in [5.41, 5.74) is 4.07. The molecule has 4 rings (SSSR count). The van der Waals surface area contributed by atoms with Crippen LogP contribution in [0.15, 0.2) is 66.2 Å². The average Bonchev–Trinajstić information content (AvgIpc) is 3.18. The predicted octanol–water partition coefficient (Wildman–Crippen LogP) is 6.02. The Balaban J connectivity index is 1.97. The molecule has 0 aromatic heterocycles. The van der Waals surface area contributed by atoms with Gasteiger partial charge in [0, 0.05) is 11.3 Å². The molecule has 39 heavy (non-hydrogen) atoms. The second-order valence-corrected chi connectivity index (χ2v) is 10.7. The maximum absolute atomic E-state index is 13.6. The topological polar surface area (TPSA) is 93.1 Å². The van der Waals surface area contributed by atoms with Crippen LogP contribution in [-0.4, -0.2) is 37.0 Å². The molecule has 1 N–H and O–H groups in total. The van der Waals surface area contributed by atoms with E-state index in [0.29, 0.717) is 28.1 Å². The molecule has 1 amide bonds. The van der Waals surface area contributed by atoms with Crippen LogP contribution in [0.3, 0.4) is 0 Å². The van der Waals surface area contributed by atoms with Crippen LogP contribution in [0.25, 0.3) is 5.76 Å². The molecular weight excluding hydrogens is 494 g/mol. The van der Waals surface area contributed by atoms with Crippen molar-refractivity contribution in [1.29, 1.82) is 0 Å². The molecule has 0 spiro atoms. The van der Waals surface area contributed by atoms with Crippen molar-refractivity contribution in [3.63, 3.8) is 0 Å². The number of aliphatic hydroxyl groups is 1. The van der Waals surface area contributed by atoms with Crippen molar-refractivity contribution in [1.82, 2.24) is 0 Å². The van der Waals surface area contributed by atoms with Gasteiger partial charge < -0.3 is 14.6 Å². The van der Waals surface area contributed by atoms with Gasteiger partial charge in [-0.05, 0) is 71.8 Å². The lowest BCUT2D eigenvalue weighted by Gasteiger charge is -2.27. The molecule has 1 fully saturated rings.